The maximum atomic E-state index is 13.0. The number of rotatable bonds is 3. The minimum atomic E-state index is -4.61. The van der Waals surface area contributed by atoms with Crippen molar-refractivity contribution in [1.82, 2.24) is 5.32 Å². The van der Waals surface area contributed by atoms with Gasteiger partial charge in [-0.15, -0.1) is 0 Å². The quantitative estimate of drug-likeness (QED) is 0.536. The lowest BCUT2D eigenvalue weighted by Gasteiger charge is -2.09. The fourth-order valence-electron chi connectivity index (χ4n) is 2.38. The average Bonchev–Trinajstić information content (AvgIpc) is 3.01. The summed E-state index contributed by atoms with van der Waals surface area (Å²) in [5, 5.41) is 2.21. The molecule has 1 N–H and O–H groups in total. The van der Waals surface area contributed by atoms with Crippen molar-refractivity contribution >= 4 is 52.2 Å². The number of nitrogens with zero attached hydrogens (tertiary/aromatic N) is 1. The summed E-state index contributed by atoms with van der Waals surface area (Å²) >= 11 is 6.58. The zero-order valence-corrected chi connectivity index (χ0v) is 16.3. The van der Waals surface area contributed by atoms with Gasteiger partial charge in [-0.1, -0.05) is 23.7 Å². The predicted octanol–water partition coefficient (Wildman–Crippen LogP) is 5.04. The van der Waals surface area contributed by atoms with Gasteiger partial charge in [0.15, 0.2) is 5.17 Å². The van der Waals surface area contributed by atoms with Crippen molar-refractivity contribution in [2.45, 2.75) is 6.18 Å². The number of hydrogen-bond donors (Lipinski definition) is 1. The molecule has 0 bridgehead atoms. The summed E-state index contributed by atoms with van der Waals surface area (Å²) in [6, 6.07) is 9.62. The van der Waals surface area contributed by atoms with E-state index in [0.717, 1.165) is 23.9 Å². The first-order valence-corrected chi connectivity index (χ1v) is 9.21. The normalized spacial score (nSPS) is 16.9. The molecule has 1 aliphatic rings. The van der Waals surface area contributed by atoms with Crippen LogP contribution in [0.1, 0.15) is 21.5 Å². The van der Waals surface area contributed by atoms with Crippen molar-refractivity contribution in [3.05, 3.63) is 69.1 Å². The number of amidine groups is 1. The molecule has 3 rings (SSSR count). The van der Waals surface area contributed by atoms with Gasteiger partial charge in [0, 0.05) is 0 Å². The molecule has 0 radical (unpaired) electrons. The molecule has 5 nitrogen and oxygen atoms in total. The molecule has 0 aliphatic carbocycles. The number of alkyl halides is 3. The average molecular weight is 441 g/mol. The summed E-state index contributed by atoms with van der Waals surface area (Å²) in [7, 11) is 1.27. The Balaban J connectivity index is 1.81. The number of esters is 1. The zero-order chi connectivity index (χ0) is 21.2. The largest absolute Gasteiger partial charge is 0.465 e. The summed E-state index contributed by atoms with van der Waals surface area (Å²) in [4.78, 5) is 27.9. The summed E-state index contributed by atoms with van der Waals surface area (Å²) in [6.07, 6.45) is -3.03. The van der Waals surface area contributed by atoms with Crippen molar-refractivity contribution in [3.63, 3.8) is 0 Å². The maximum Gasteiger partial charge on any atom is 0.417 e. The Morgan fingerprint density at radius 2 is 1.90 bits per heavy atom. The molecule has 1 heterocycles. The lowest BCUT2D eigenvalue weighted by Crippen LogP contribution is -2.19. The highest BCUT2D eigenvalue weighted by Gasteiger charge is 2.33. The van der Waals surface area contributed by atoms with Gasteiger partial charge in [0.05, 0.1) is 33.9 Å². The monoisotopic (exact) mass is 440 g/mol. The number of ether oxygens (including phenoxy) is 1. The summed E-state index contributed by atoms with van der Waals surface area (Å²) in [5.41, 5.74) is 0.0241. The second kappa shape index (κ2) is 8.30. The number of carbonyl (C=O) groups is 2. The molecule has 1 fully saturated rings. The van der Waals surface area contributed by atoms with Crippen LogP contribution in [-0.4, -0.2) is 24.2 Å². The zero-order valence-electron chi connectivity index (χ0n) is 14.7. The maximum absolute atomic E-state index is 13.0. The van der Waals surface area contributed by atoms with E-state index in [2.05, 4.69) is 15.0 Å². The van der Waals surface area contributed by atoms with Crippen molar-refractivity contribution in [2.75, 3.05) is 7.11 Å². The smallest absolute Gasteiger partial charge is 0.417 e. The molecule has 1 saturated heterocycles. The Kier molecular flexibility index (Phi) is 5.99. The second-order valence-electron chi connectivity index (χ2n) is 5.76. The highest BCUT2D eigenvalue weighted by Crippen LogP contribution is 2.37. The predicted molar refractivity (Wildman–Crippen MR) is 105 cm³/mol. The molecule has 0 aromatic heterocycles. The Morgan fingerprint density at radius 3 is 2.52 bits per heavy atom. The fourth-order valence-corrected chi connectivity index (χ4v) is 3.45. The van der Waals surface area contributed by atoms with E-state index in [0.29, 0.717) is 16.0 Å². The first kappa shape index (κ1) is 20.9. The summed E-state index contributed by atoms with van der Waals surface area (Å²) < 4.78 is 43.5. The van der Waals surface area contributed by atoms with E-state index < -0.39 is 28.6 Å². The van der Waals surface area contributed by atoms with Gasteiger partial charge >= 0.3 is 12.1 Å². The third-order valence-electron chi connectivity index (χ3n) is 3.77. The van der Waals surface area contributed by atoms with Gasteiger partial charge in [0.1, 0.15) is 0 Å². The van der Waals surface area contributed by atoms with Crippen LogP contribution in [0, 0.1) is 0 Å². The van der Waals surface area contributed by atoms with E-state index in [1.54, 1.807) is 30.3 Å². The van der Waals surface area contributed by atoms with Crippen LogP contribution in [-0.2, 0) is 15.7 Å². The minimum absolute atomic E-state index is 0.00760. The van der Waals surface area contributed by atoms with E-state index >= 15 is 0 Å². The Labute approximate surface area is 172 Å². The molecule has 2 aromatic rings. The number of nitrogens with one attached hydrogen (secondary N) is 1. The molecule has 150 valence electrons. The number of carbonyl (C=O) groups excluding carboxylic acids is 2. The molecular weight excluding hydrogens is 429 g/mol. The molecule has 1 amide bonds. The SMILES string of the molecule is COC(=O)c1ccc(/C=C2\SC(=Nc3ccc(Cl)c(C(F)(F)F)c3)NC2=O)cc1. The number of hydrogen-bond acceptors (Lipinski definition) is 5. The second-order valence-corrected chi connectivity index (χ2v) is 7.20. The van der Waals surface area contributed by atoms with Crippen LogP contribution in [0.3, 0.4) is 0 Å². The Bertz CT molecular complexity index is 1030. The van der Waals surface area contributed by atoms with E-state index in [1.807, 2.05) is 0 Å². The molecule has 1 aliphatic heterocycles. The van der Waals surface area contributed by atoms with Crippen molar-refractivity contribution in [3.8, 4) is 0 Å². The Hall–Kier alpha value is -2.78. The number of aliphatic imine (C=N–C) groups is 1. The molecule has 0 spiro atoms. The van der Waals surface area contributed by atoms with E-state index in [1.165, 1.54) is 13.2 Å². The molecular formula is C19H12ClF3N2O3S. The van der Waals surface area contributed by atoms with Gasteiger partial charge in [-0.25, -0.2) is 9.79 Å². The molecule has 2 aromatic carbocycles. The van der Waals surface area contributed by atoms with Gasteiger partial charge < -0.3 is 10.1 Å². The van der Waals surface area contributed by atoms with Crippen LogP contribution in [0.2, 0.25) is 5.02 Å². The lowest BCUT2D eigenvalue weighted by atomic mass is 10.1. The Morgan fingerprint density at radius 1 is 1.21 bits per heavy atom. The van der Waals surface area contributed by atoms with Crippen molar-refractivity contribution < 1.29 is 27.5 Å². The number of halogens is 4. The minimum Gasteiger partial charge on any atom is -0.465 e. The molecule has 0 saturated carbocycles. The van der Waals surface area contributed by atoms with Crippen LogP contribution < -0.4 is 5.32 Å². The highest BCUT2D eigenvalue weighted by atomic mass is 35.5. The lowest BCUT2D eigenvalue weighted by molar-refractivity contribution is -0.137. The van der Waals surface area contributed by atoms with Crippen LogP contribution in [0.4, 0.5) is 18.9 Å². The topological polar surface area (TPSA) is 67.8 Å². The van der Waals surface area contributed by atoms with Gasteiger partial charge in [-0.3, -0.25) is 4.79 Å². The number of thioether (sulfide) groups is 1. The van der Waals surface area contributed by atoms with Crippen LogP contribution in [0.5, 0.6) is 0 Å². The molecule has 10 heteroatoms. The number of methoxy groups -OCH3 is 1. The van der Waals surface area contributed by atoms with Crippen molar-refractivity contribution in [2.24, 2.45) is 4.99 Å². The van der Waals surface area contributed by atoms with Gasteiger partial charge in [0.2, 0.25) is 0 Å². The third kappa shape index (κ3) is 4.99. The molecule has 0 atom stereocenters. The molecule has 29 heavy (non-hydrogen) atoms. The highest BCUT2D eigenvalue weighted by molar-refractivity contribution is 8.18. The van der Waals surface area contributed by atoms with Gasteiger partial charge in [-0.2, -0.15) is 13.2 Å². The van der Waals surface area contributed by atoms with E-state index in [9.17, 15) is 22.8 Å². The van der Waals surface area contributed by atoms with Gasteiger partial charge in [0.25, 0.3) is 5.91 Å². The van der Waals surface area contributed by atoms with Crippen LogP contribution in [0.15, 0.2) is 52.4 Å². The fraction of sp³-hybridized carbons (Fsp3) is 0.105. The summed E-state index contributed by atoms with van der Waals surface area (Å²) in [5.74, 6) is -0.913. The van der Waals surface area contributed by atoms with Gasteiger partial charge in [-0.05, 0) is 53.7 Å². The van der Waals surface area contributed by atoms with Crippen LogP contribution in [0.25, 0.3) is 6.08 Å². The van der Waals surface area contributed by atoms with E-state index in [-0.39, 0.29) is 10.9 Å². The number of benzene rings is 2. The van der Waals surface area contributed by atoms with Crippen molar-refractivity contribution in [1.29, 1.82) is 0 Å². The van der Waals surface area contributed by atoms with Crippen LogP contribution >= 0.6 is 23.4 Å². The van der Waals surface area contributed by atoms with E-state index in [4.69, 9.17) is 11.6 Å². The molecule has 0 unspecified atom stereocenters. The standard InChI is InChI=1S/C19H12ClF3N2O3S/c1-28-17(27)11-4-2-10(3-5-11)8-15-16(26)25-18(29-15)24-12-6-7-14(20)13(9-12)19(21,22)23/h2-9H,1H3,(H,24,25,26)/b15-8-. The third-order valence-corrected chi connectivity index (χ3v) is 5.01. The first-order valence-electron chi connectivity index (χ1n) is 8.02. The first-order chi connectivity index (χ1) is 13.7. The summed E-state index contributed by atoms with van der Waals surface area (Å²) in [6.45, 7) is 0. The number of amides is 1.